The maximum absolute atomic E-state index is 10.6. The van der Waals surface area contributed by atoms with Crippen LogP contribution in [0.1, 0.15) is 18.1 Å². The van der Waals surface area contributed by atoms with Crippen molar-refractivity contribution in [3.63, 3.8) is 0 Å². The van der Waals surface area contributed by atoms with Crippen LogP contribution < -0.4 is 4.74 Å². The van der Waals surface area contributed by atoms with Crippen LogP contribution in [0.15, 0.2) is 18.2 Å². The molecule has 0 radical (unpaired) electrons. The van der Waals surface area contributed by atoms with Crippen LogP contribution in [-0.2, 0) is 17.8 Å². The molecular formula is C13H19NO3. The first-order chi connectivity index (χ1) is 8.06. The van der Waals surface area contributed by atoms with Crippen molar-refractivity contribution >= 4 is 5.97 Å². The number of rotatable bonds is 6. The van der Waals surface area contributed by atoms with Crippen molar-refractivity contribution in [2.45, 2.75) is 19.9 Å². The number of carbonyl (C=O) groups is 1. The molecule has 1 aromatic carbocycles. The second kappa shape index (κ2) is 6.25. The Labute approximate surface area is 102 Å². The van der Waals surface area contributed by atoms with Gasteiger partial charge in [0.25, 0.3) is 0 Å². The molecule has 0 aromatic heterocycles. The van der Waals surface area contributed by atoms with Gasteiger partial charge in [-0.05, 0) is 25.1 Å². The van der Waals surface area contributed by atoms with Crippen LogP contribution in [0.5, 0.6) is 5.75 Å². The lowest BCUT2D eigenvalue weighted by Gasteiger charge is -2.17. The second-order valence-corrected chi connectivity index (χ2v) is 4.07. The molecule has 17 heavy (non-hydrogen) atoms. The lowest BCUT2D eigenvalue weighted by molar-refractivity contribution is -0.138. The van der Waals surface area contributed by atoms with Crippen LogP contribution in [0.4, 0.5) is 0 Å². The van der Waals surface area contributed by atoms with Gasteiger partial charge in [-0.25, -0.2) is 0 Å². The van der Waals surface area contributed by atoms with Crippen LogP contribution in [0.2, 0.25) is 0 Å². The van der Waals surface area contributed by atoms with E-state index in [2.05, 4.69) is 13.0 Å². The van der Waals surface area contributed by atoms with E-state index in [9.17, 15) is 4.79 Å². The summed E-state index contributed by atoms with van der Waals surface area (Å²) < 4.78 is 5.28. The van der Waals surface area contributed by atoms with E-state index in [0.717, 1.165) is 17.7 Å². The van der Waals surface area contributed by atoms with Gasteiger partial charge in [-0.3, -0.25) is 9.69 Å². The summed E-state index contributed by atoms with van der Waals surface area (Å²) >= 11 is 0. The number of aryl methyl sites for hydroxylation is 1. The number of methoxy groups -OCH3 is 1. The highest BCUT2D eigenvalue weighted by Crippen LogP contribution is 2.21. The highest BCUT2D eigenvalue weighted by Gasteiger charge is 2.09. The average molecular weight is 237 g/mol. The van der Waals surface area contributed by atoms with Gasteiger partial charge in [-0.2, -0.15) is 0 Å². The summed E-state index contributed by atoms with van der Waals surface area (Å²) in [6.45, 7) is 2.69. The monoisotopic (exact) mass is 237 g/mol. The lowest BCUT2D eigenvalue weighted by Crippen LogP contribution is -2.25. The van der Waals surface area contributed by atoms with Gasteiger partial charge in [-0.1, -0.05) is 19.1 Å². The topological polar surface area (TPSA) is 49.8 Å². The van der Waals surface area contributed by atoms with Gasteiger partial charge < -0.3 is 9.84 Å². The third-order valence-corrected chi connectivity index (χ3v) is 2.60. The molecule has 0 saturated heterocycles. The molecule has 94 valence electrons. The normalized spacial score (nSPS) is 10.6. The summed E-state index contributed by atoms with van der Waals surface area (Å²) in [6.07, 6.45) is 0.958. The summed E-state index contributed by atoms with van der Waals surface area (Å²) in [5, 5.41) is 8.72. The molecule has 0 amide bonds. The zero-order chi connectivity index (χ0) is 12.8. The van der Waals surface area contributed by atoms with Crippen molar-refractivity contribution in [2.75, 3.05) is 20.7 Å². The molecule has 0 aliphatic heterocycles. The van der Waals surface area contributed by atoms with E-state index in [0.29, 0.717) is 6.54 Å². The molecule has 0 aliphatic carbocycles. The van der Waals surface area contributed by atoms with Gasteiger partial charge in [0, 0.05) is 12.1 Å². The molecule has 0 saturated carbocycles. The van der Waals surface area contributed by atoms with Crippen molar-refractivity contribution in [1.82, 2.24) is 4.90 Å². The zero-order valence-electron chi connectivity index (χ0n) is 10.6. The Balaban J connectivity index is 2.83. The minimum Gasteiger partial charge on any atom is -0.496 e. The number of hydrogen-bond donors (Lipinski definition) is 1. The maximum Gasteiger partial charge on any atom is 0.317 e. The highest BCUT2D eigenvalue weighted by molar-refractivity contribution is 5.69. The van der Waals surface area contributed by atoms with Crippen LogP contribution in [0.25, 0.3) is 0 Å². The number of benzene rings is 1. The van der Waals surface area contributed by atoms with Crippen LogP contribution in [0, 0.1) is 0 Å². The number of aliphatic carboxylic acids is 1. The van der Waals surface area contributed by atoms with Crippen LogP contribution >= 0.6 is 0 Å². The molecule has 0 bridgehead atoms. The van der Waals surface area contributed by atoms with Crippen molar-refractivity contribution in [1.29, 1.82) is 0 Å². The number of ether oxygens (including phenoxy) is 1. The quantitative estimate of drug-likeness (QED) is 0.819. The Morgan fingerprint density at radius 1 is 1.47 bits per heavy atom. The molecular weight excluding hydrogens is 218 g/mol. The van der Waals surface area contributed by atoms with Gasteiger partial charge >= 0.3 is 5.97 Å². The summed E-state index contributed by atoms with van der Waals surface area (Å²) in [5.74, 6) is -0.0162. The molecule has 0 atom stereocenters. The molecule has 4 heteroatoms. The van der Waals surface area contributed by atoms with Gasteiger partial charge in [0.1, 0.15) is 5.75 Å². The molecule has 0 fully saturated rings. The Kier molecular flexibility index (Phi) is 4.97. The van der Waals surface area contributed by atoms with E-state index in [1.165, 1.54) is 5.56 Å². The summed E-state index contributed by atoms with van der Waals surface area (Å²) in [7, 11) is 3.41. The van der Waals surface area contributed by atoms with Gasteiger partial charge in [0.15, 0.2) is 0 Å². The molecule has 4 nitrogen and oxygen atoms in total. The number of hydrogen-bond acceptors (Lipinski definition) is 3. The van der Waals surface area contributed by atoms with E-state index in [1.807, 2.05) is 12.1 Å². The van der Waals surface area contributed by atoms with Gasteiger partial charge in [-0.15, -0.1) is 0 Å². The first-order valence-electron chi connectivity index (χ1n) is 5.63. The Morgan fingerprint density at radius 3 is 2.71 bits per heavy atom. The molecule has 0 unspecified atom stereocenters. The summed E-state index contributed by atoms with van der Waals surface area (Å²) in [6, 6.07) is 6.03. The van der Waals surface area contributed by atoms with Gasteiger partial charge in [0.05, 0.1) is 13.7 Å². The fourth-order valence-corrected chi connectivity index (χ4v) is 1.75. The van der Waals surface area contributed by atoms with Crippen molar-refractivity contribution < 1.29 is 14.6 Å². The highest BCUT2D eigenvalue weighted by atomic mass is 16.5. The standard InChI is InChI=1S/C13H19NO3/c1-4-10-5-6-12(17-3)11(7-10)8-14(2)9-13(15)16/h5-7H,4,8-9H2,1-3H3,(H,15,16). The fraction of sp³-hybridized carbons (Fsp3) is 0.462. The predicted octanol–water partition coefficient (Wildman–Crippen LogP) is 1.77. The second-order valence-electron chi connectivity index (χ2n) is 4.07. The maximum atomic E-state index is 10.6. The van der Waals surface area contributed by atoms with Crippen LogP contribution in [0.3, 0.4) is 0 Å². The molecule has 1 aromatic rings. The Bertz CT molecular complexity index is 390. The third-order valence-electron chi connectivity index (χ3n) is 2.60. The summed E-state index contributed by atoms with van der Waals surface area (Å²) in [4.78, 5) is 12.4. The van der Waals surface area contributed by atoms with E-state index >= 15 is 0 Å². The molecule has 1 rings (SSSR count). The first-order valence-corrected chi connectivity index (χ1v) is 5.63. The number of carboxylic acid groups (broad SMARTS) is 1. The Morgan fingerprint density at radius 2 is 2.18 bits per heavy atom. The number of carboxylic acids is 1. The van der Waals surface area contributed by atoms with Crippen LogP contribution in [-0.4, -0.2) is 36.7 Å². The van der Waals surface area contributed by atoms with E-state index in [-0.39, 0.29) is 6.54 Å². The van der Waals surface area contributed by atoms with E-state index in [1.54, 1.807) is 19.1 Å². The zero-order valence-corrected chi connectivity index (χ0v) is 10.6. The van der Waals surface area contributed by atoms with E-state index < -0.39 is 5.97 Å². The predicted molar refractivity (Wildman–Crippen MR) is 66.3 cm³/mol. The van der Waals surface area contributed by atoms with Crippen molar-refractivity contribution in [2.24, 2.45) is 0 Å². The van der Waals surface area contributed by atoms with Crippen molar-refractivity contribution in [3.05, 3.63) is 29.3 Å². The largest absolute Gasteiger partial charge is 0.496 e. The SMILES string of the molecule is CCc1ccc(OC)c(CN(C)CC(=O)O)c1. The fourth-order valence-electron chi connectivity index (χ4n) is 1.75. The molecule has 0 spiro atoms. The average Bonchev–Trinajstić information content (AvgIpc) is 2.27. The van der Waals surface area contributed by atoms with E-state index in [4.69, 9.17) is 9.84 Å². The summed E-state index contributed by atoms with van der Waals surface area (Å²) in [5.41, 5.74) is 2.25. The Hall–Kier alpha value is -1.55. The smallest absolute Gasteiger partial charge is 0.317 e. The molecule has 0 heterocycles. The lowest BCUT2D eigenvalue weighted by atomic mass is 10.1. The molecule has 1 N–H and O–H groups in total. The first kappa shape index (κ1) is 13.5. The molecule has 0 aliphatic rings. The number of nitrogens with zero attached hydrogens (tertiary/aromatic N) is 1. The minimum absolute atomic E-state index is 0.0273. The third kappa shape index (κ3) is 4.07. The van der Waals surface area contributed by atoms with Gasteiger partial charge in [0.2, 0.25) is 0 Å². The number of likely N-dealkylation sites (N-methyl/N-ethyl adjacent to an activating group) is 1. The van der Waals surface area contributed by atoms with Crippen molar-refractivity contribution in [3.8, 4) is 5.75 Å². The minimum atomic E-state index is -0.821.